The van der Waals surface area contributed by atoms with Gasteiger partial charge in [-0.15, -0.1) is 0 Å². The first-order valence-electron chi connectivity index (χ1n) is 5.40. The summed E-state index contributed by atoms with van der Waals surface area (Å²) in [7, 11) is 0. The molecule has 98 valence electrons. The van der Waals surface area contributed by atoms with Crippen LogP contribution in [0.1, 0.15) is 5.56 Å². The van der Waals surface area contributed by atoms with Gasteiger partial charge in [0.1, 0.15) is 11.6 Å². The largest absolute Gasteiger partial charge is 0.324 e. The van der Waals surface area contributed by atoms with Crippen molar-refractivity contribution >= 4 is 11.6 Å². The molecule has 1 aromatic heterocycles. The molecule has 0 bridgehead atoms. The van der Waals surface area contributed by atoms with Crippen molar-refractivity contribution in [3.05, 3.63) is 59.7 Å². The van der Waals surface area contributed by atoms with Crippen molar-refractivity contribution in [2.24, 2.45) is 0 Å². The molecule has 1 heterocycles. The van der Waals surface area contributed by atoms with Gasteiger partial charge >= 0.3 is 0 Å². The van der Waals surface area contributed by atoms with Crippen LogP contribution in [-0.2, 0) is 11.2 Å². The third kappa shape index (κ3) is 3.54. The molecule has 0 fully saturated rings. The van der Waals surface area contributed by atoms with Crippen LogP contribution in [0.15, 0.2) is 36.5 Å². The Labute approximate surface area is 107 Å². The molecule has 0 aliphatic rings. The van der Waals surface area contributed by atoms with E-state index in [0.29, 0.717) is 11.8 Å². The van der Waals surface area contributed by atoms with E-state index in [-0.39, 0.29) is 12.0 Å². The molecule has 19 heavy (non-hydrogen) atoms. The predicted octanol–water partition coefficient (Wildman–Crippen LogP) is 2.68. The molecule has 0 spiro atoms. The fourth-order valence-corrected chi connectivity index (χ4v) is 1.49. The first-order valence-corrected chi connectivity index (χ1v) is 5.40. The van der Waals surface area contributed by atoms with Gasteiger partial charge in [0.05, 0.1) is 18.3 Å². The zero-order valence-electron chi connectivity index (χ0n) is 9.66. The molecule has 0 aliphatic heterocycles. The lowest BCUT2D eigenvalue weighted by atomic mass is 10.1. The van der Waals surface area contributed by atoms with Gasteiger partial charge in [-0.2, -0.15) is 4.39 Å². The molecule has 0 radical (unpaired) electrons. The van der Waals surface area contributed by atoms with Gasteiger partial charge in [-0.25, -0.2) is 13.8 Å². The second-order valence-corrected chi connectivity index (χ2v) is 3.83. The van der Waals surface area contributed by atoms with Gasteiger partial charge in [-0.05, 0) is 23.8 Å². The van der Waals surface area contributed by atoms with E-state index in [2.05, 4.69) is 10.3 Å². The van der Waals surface area contributed by atoms with Crippen molar-refractivity contribution in [1.29, 1.82) is 0 Å². The van der Waals surface area contributed by atoms with Crippen LogP contribution in [0.2, 0.25) is 0 Å². The number of nitrogens with zero attached hydrogens (tertiary/aromatic N) is 1. The predicted molar refractivity (Wildman–Crippen MR) is 62.9 cm³/mol. The van der Waals surface area contributed by atoms with E-state index in [1.165, 1.54) is 12.1 Å². The maximum Gasteiger partial charge on any atom is 0.228 e. The molecule has 0 saturated heterocycles. The lowest BCUT2D eigenvalue weighted by Gasteiger charge is -2.05. The highest BCUT2D eigenvalue weighted by molar-refractivity contribution is 5.92. The minimum atomic E-state index is -0.785. The maximum atomic E-state index is 13.3. The standard InChI is InChI=1S/C13H9F3N2O/c14-9-2-1-8(11(15)6-9)5-13(19)18-10-3-4-12(16)17-7-10/h1-4,6-7H,5H2,(H,18,19). The second-order valence-electron chi connectivity index (χ2n) is 3.83. The van der Waals surface area contributed by atoms with Gasteiger partial charge in [0.2, 0.25) is 11.9 Å². The number of halogens is 3. The summed E-state index contributed by atoms with van der Waals surface area (Å²) in [5.41, 5.74) is 0.378. The number of anilines is 1. The number of benzene rings is 1. The highest BCUT2D eigenvalue weighted by Crippen LogP contribution is 2.12. The molecule has 1 N–H and O–H groups in total. The number of nitrogens with one attached hydrogen (secondary N) is 1. The first kappa shape index (κ1) is 13.1. The van der Waals surface area contributed by atoms with Gasteiger partial charge < -0.3 is 5.32 Å². The van der Waals surface area contributed by atoms with Crippen molar-refractivity contribution in [2.45, 2.75) is 6.42 Å². The highest BCUT2D eigenvalue weighted by atomic mass is 19.1. The number of aromatic nitrogens is 1. The van der Waals surface area contributed by atoms with Gasteiger partial charge in [-0.3, -0.25) is 4.79 Å². The summed E-state index contributed by atoms with van der Waals surface area (Å²) < 4.78 is 38.6. The molecule has 0 aliphatic carbocycles. The summed E-state index contributed by atoms with van der Waals surface area (Å²) in [6.45, 7) is 0. The maximum absolute atomic E-state index is 13.3. The molecule has 1 aromatic carbocycles. The van der Waals surface area contributed by atoms with Crippen LogP contribution in [0, 0.1) is 17.6 Å². The number of hydrogen-bond acceptors (Lipinski definition) is 2. The van der Waals surface area contributed by atoms with Crippen LogP contribution in [0.5, 0.6) is 0 Å². The average molecular weight is 266 g/mol. The van der Waals surface area contributed by atoms with Gasteiger partial charge in [0.25, 0.3) is 0 Å². The molecule has 2 rings (SSSR count). The van der Waals surface area contributed by atoms with Crippen molar-refractivity contribution in [3.63, 3.8) is 0 Å². The van der Waals surface area contributed by atoms with Crippen LogP contribution >= 0.6 is 0 Å². The van der Waals surface area contributed by atoms with E-state index in [9.17, 15) is 18.0 Å². The normalized spacial score (nSPS) is 10.3. The lowest BCUT2D eigenvalue weighted by molar-refractivity contribution is -0.115. The molecule has 0 saturated carbocycles. The van der Waals surface area contributed by atoms with Gasteiger partial charge in [-0.1, -0.05) is 6.07 Å². The van der Waals surface area contributed by atoms with Crippen LogP contribution in [-0.4, -0.2) is 10.9 Å². The minimum Gasteiger partial charge on any atom is -0.324 e. The molecule has 3 nitrogen and oxygen atoms in total. The number of hydrogen-bond donors (Lipinski definition) is 1. The summed E-state index contributed by atoms with van der Waals surface area (Å²) in [6, 6.07) is 5.41. The Balaban J connectivity index is 2.03. The van der Waals surface area contributed by atoms with Gasteiger partial charge in [0, 0.05) is 6.07 Å². The summed E-state index contributed by atoms with van der Waals surface area (Å²) in [5, 5.41) is 2.43. The van der Waals surface area contributed by atoms with E-state index < -0.39 is 23.5 Å². The average Bonchev–Trinajstić information content (AvgIpc) is 2.36. The summed E-state index contributed by atoms with van der Waals surface area (Å²) in [6.07, 6.45) is 0.901. The van der Waals surface area contributed by atoms with Crippen LogP contribution < -0.4 is 5.32 Å². The zero-order valence-corrected chi connectivity index (χ0v) is 9.66. The summed E-state index contributed by atoms with van der Waals surface area (Å²) in [4.78, 5) is 15.0. The lowest BCUT2D eigenvalue weighted by Crippen LogP contribution is -2.15. The molecule has 1 amide bonds. The molecule has 6 heteroatoms. The van der Waals surface area contributed by atoms with E-state index >= 15 is 0 Å². The summed E-state index contributed by atoms with van der Waals surface area (Å²) >= 11 is 0. The number of amides is 1. The molecule has 0 atom stereocenters. The summed E-state index contributed by atoms with van der Waals surface area (Å²) in [5.74, 6) is -2.65. The number of rotatable bonds is 3. The SMILES string of the molecule is O=C(Cc1ccc(F)cc1F)Nc1ccc(F)nc1. The Kier molecular flexibility index (Phi) is 3.79. The highest BCUT2D eigenvalue weighted by Gasteiger charge is 2.09. The smallest absolute Gasteiger partial charge is 0.228 e. The van der Waals surface area contributed by atoms with Crippen LogP contribution in [0.3, 0.4) is 0 Å². The molecule has 2 aromatic rings. The fourth-order valence-electron chi connectivity index (χ4n) is 1.49. The Hall–Kier alpha value is -2.37. The van der Waals surface area contributed by atoms with E-state index in [4.69, 9.17) is 0 Å². The zero-order chi connectivity index (χ0) is 13.8. The Bertz CT molecular complexity index is 599. The van der Waals surface area contributed by atoms with Crippen molar-refractivity contribution < 1.29 is 18.0 Å². The molecule has 0 unspecified atom stereocenters. The number of pyridine rings is 1. The second kappa shape index (κ2) is 5.51. The first-order chi connectivity index (χ1) is 9.04. The number of carbonyl (C=O) groups excluding carboxylic acids is 1. The van der Waals surface area contributed by atoms with E-state index in [0.717, 1.165) is 18.3 Å². The van der Waals surface area contributed by atoms with Crippen molar-refractivity contribution in [3.8, 4) is 0 Å². The quantitative estimate of drug-likeness (QED) is 0.868. The van der Waals surface area contributed by atoms with Crippen LogP contribution in [0.4, 0.5) is 18.9 Å². The monoisotopic (exact) mass is 266 g/mol. The third-order valence-corrected chi connectivity index (χ3v) is 2.38. The molecular formula is C13H9F3N2O. The van der Waals surface area contributed by atoms with Crippen molar-refractivity contribution in [1.82, 2.24) is 4.98 Å². The number of carbonyl (C=O) groups is 1. The van der Waals surface area contributed by atoms with Crippen molar-refractivity contribution in [2.75, 3.05) is 5.32 Å². The third-order valence-electron chi connectivity index (χ3n) is 2.38. The van der Waals surface area contributed by atoms with E-state index in [1.54, 1.807) is 0 Å². The topological polar surface area (TPSA) is 42.0 Å². The Morgan fingerprint density at radius 1 is 1.16 bits per heavy atom. The van der Waals surface area contributed by atoms with Crippen LogP contribution in [0.25, 0.3) is 0 Å². The fraction of sp³-hybridized carbons (Fsp3) is 0.0769. The van der Waals surface area contributed by atoms with E-state index in [1.807, 2.05) is 0 Å². The molecular weight excluding hydrogens is 257 g/mol. The Morgan fingerprint density at radius 3 is 2.58 bits per heavy atom. The minimum absolute atomic E-state index is 0.0778. The van der Waals surface area contributed by atoms with Gasteiger partial charge in [0.15, 0.2) is 0 Å². The Morgan fingerprint density at radius 2 is 1.95 bits per heavy atom.